The van der Waals surface area contributed by atoms with Crippen LogP contribution in [0.4, 0.5) is 0 Å². The quantitative estimate of drug-likeness (QED) is 0.611. The van der Waals surface area contributed by atoms with Crippen LogP contribution in [0.25, 0.3) is 0 Å². The molecule has 0 aromatic heterocycles. The van der Waals surface area contributed by atoms with Gasteiger partial charge in [0.15, 0.2) is 0 Å². The first-order valence-electron chi connectivity index (χ1n) is 5.80. The average molecular weight is 329 g/mol. The van der Waals surface area contributed by atoms with E-state index in [0.29, 0.717) is 5.92 Å². The standard InChI is InChI=1S/C13H16INO/c14-12-8-13(16,6-11(12)7-15-9-12)10-4-2-1-3-5-10/h1-5,11,15-16H,6-9H2/t11?,12-,13-/m0/s1. The molecule has 1 saturated heterocycles. The highest BCUT2D eigenvalue weighted by Crippen LogP contribution is 2.53. The highest BCUT2D eigenvalue weighted by Gasteiger charge is 2.55. The van der Waals surface area contributed by atoms with Gasteiger partial charge < -0.3 is 10.4 Å². The van der Waals surface area contributed by atoms with Crippen LogP contribution in [0.3, 0.4) is 0 Å². The summed E-state index contributed by atoms with van der Waals surface area (Å²) in [7, 11) is 0. The number of alkyl halides is 1. The number of benzene rings is 1. The Morgan fingerprint density at radius 3 is 2.75 bits per heavy atom. The summed E-state index contributed by atoms with van der Waals surface area (Å²) in [4.78, 5) is 0. The molecule has 2 aliphatic rings. The van der Waals surface area contributed by atoms with Gasteiger partial charge in [-0.25, -0.2) is 0 Å². The zero-order valence-corrected chi connectivity index (χ0v) is 11.3. The number of halogens is 1. The van der Waals surface area contributed by atoms with Gasteiger partial charge in [-0.15, -0.1) is 0 Å². The fourth-order valence-corrected chi connectivity index (χ4v) is 4.52. The van der Waals surface area contributed by atoms with E-state index in [-0.39, 0.29) is 3.42 Å². The molecule has 1 saturated carbocycles. The van der Waals surface area contributed by atoms with Crippen molar-refractivity contribution in [2.24, 2.45) is 5.92 Å². The van der Waals surface area contributed by atoms with E-state index in [1.807, 2.05) is 18.2 Å². The topological polar surface area (TPSA) is 32.3 Å². The average Bonchev–Trinajstić information content (AvgIpc) is 2.71. The zero-order chi connectivity index (χ0) is 11.2. The second-order valence-electron chi connectivity index (χ2n) is 5.14. The molecule has 0 bridgehead atoms. The van der Waals surface area contributed by atoms with E-state index in [0.717, 1.165) is 31.5 Å². The van der Waals surface area contributed by atoms with Crippen LogP contribution in [0.1, 0.15) is 18.4 Å². The lowest BCUT2D eigenvalue weighted by atomic mass is 9.91. The second-order valence-corrected chi connectivity index (χ2v) is 7.29. The predicted octanol–water partition coefficient (Wildman–Crippen LogP) is 2.06. The van der Waals surface area contributed by atoms with Gasteiger partial charge in [0.2, 0.25) is 0 Å². The van der Waals surface area contributed by atoms with E-state index < -0.39 is 5.60 Å². The Morgan fingerprint density at radius 1 is 1.31 bits per heavy atom. The molecule has 2 fully saturated rings. The van der Waals surface area contributed by atoms with Gasteiger partial charge in [0.05, 0.1) is 5.60 Å². The molecule has 1 aliphatic carbocycles. The van der Waals surface area contributed by atoms with Gasteiger partial charge in [0.1, 0.15) is 0 Å². The van der Waals surface area contributed by atoms with Crippen LogP contribution in [-0.2, 0) is 5.60 Å². The lowest BCUT2D eigenvalue weighted by molar-refractivity contribution is 0.0374. The van der Waals surface area contributed by atoms with Gasteiger partial charge in [-0.1, -0.05) is 52.9 Å². The summed E-state index contributed by atoms with van der Waals surface area (Å²) in [5, 5.41) is 14.2. The third-order valence-electron chi connectivity index (χ3n) is 4.02. The van der Waals surface area contributed by atoms with Crippen LogP contribution in [0, 0.1) is 5.92 Å². The van der Waals surface area contributed by atoms with Gasteiger partial charge in [-0.05, 0) is 30.9 Å². The molecule has 2 nitrogen and oxygen atoms in total. The van der Waals surface area contributed by atoms with Crippen molar-refractivity contribution in [3.05, 3.63) is 35.9 Å². The smallest absolute Gasteiger partial charge is 0.0913 e. The molecule has 2 N–H and O–H groups in total. The van der Waals surface area contributed by atoms with E-state index in [1.165, 1.54) is 0 Å². The minimum Gasteiger partial charge on any atom is -0.385 e. The zero-order valence-electron chi connectivity index (χ0n) is 9.12. The Balaban J connectivity index is 1.93. The molecular formula is C13H16INO. The molecule has 0 radical (unpaired) electrons. The van der Waals surface area contributed by atoms with Crippen LogP contribution < -0.4 is 5.32 Å². The first-order chi connectivity index (χ1) is 7.62. The highest BCUT2D eigenvalue weighted by molar-refractivity contribution is 14.1. The van der Waals surface area contributed by atoms with Crippen LogP contribution in [0.15, 0.2) is 30.3 Å². The van der Waals surface area contributed by atoms with Crippen LogP contribution in [0.2, 0.25) is 0 Å². The summed E-state index contributed by atoms with van der Waals surface area (Å²) in [6.45, 7) is 2.09. The molecule has 86 valence electrons. The number of hydrogen-bond acceptors (Lipinski definition) is 2. The molecule has 0 spiro atoms. The Labute approximate surface area is 110 Å². The summed E-state index contributed by atoms with van der Waals surface area (Å²) in [5.41, 5.74) is 0.482. The third kappa shape index (κ3) is 1.60. The number of rotatable bonds is 1. The monoisotopic (exact) mass is 329 g/mol. The number of aliphatic hydroxyl groups is 1. The van der Waals surface area contributed by atoms with Crippen molar-refractivity contribution in [2.75, 3.05) is 13.1 Å². The largest absolute Gasteiger partial charge is 0.385 e. The van der Waals surface area contributed by atoms with Gasteiger partial charge in [-0.3, -0.25) is 0 Å². The number of nitrogens with one attached hydrogen (secondary N) is 1. The van der Waals surface area contributed by atoms with Crippen molar-refractivity contribution in [3.63, 3.8) is 0 Å². The molecule has 1 aromatic carbocycles. The van der Waals surface area contributed by atoms with E-state index in [9.17, 15) is 5.11 Å². The summed E-state index contributed by atoms with van der Waals surface area (Å²) >= 11 is 2.55. The Bertz CT molecular complexity index is 396. The van der Waals surface area contributed by atoms with Crippen molar-refractivity contribution in [2.45, 2.75) is 21.9 Å². The van der Waals surface area contributed by atoms with E-state index in [2.05, 4.69) is 40.0 Å². The van der Waals surface area contributed by atoms with Crippen LogP contribution >= 0.6 is 22.6 Å². The maximum absolute atomic E-state index is 10.8. The Hall–Kier alpha value is -0.130. The van der Waals surface area contributed by atoms with E-state index in [4.69, 9.17) is 0 Å². The summed E-state index contributed by atoms with van der Waals surface area (Å²) in [6, 6.07) is 10.1. The molecule has 3 heteroatoms. The lowest BCUT2D eigenvalue weighted by Crippen LogP contribution is -2.30. The first-order valence-corrected chi connectivity index (χ1v) is 6.88. The first kappa shape index (κ1) is 11.0. The third-order valence-corrected chi connectivity index (χ3v) is 5.67. The highest BCUT2D eigenvalue weighted by atomic mass is 127. The van der Waals surface area contributed by atoms with Crippen molar-refractivity contribution in [1.29, 1.82) is 0 Å². The lowest BCUT2D eigenvalue weighted by Gasteiger charge is -2.26. The number of hydrogen-bond donors (Lipinski definition) is 2. The molecule has 1 aromatic rings. The van der Waals surface area contributed by atoms with Crippen molar-refractivity contribution >= 4 is 22.6 Å². The molecule has 1 unspecified atom stereocenters. The molecule has 16 heavy (non-hydrogen) atoms. The van der Waals surface area contributed by atoms with Gasteiger partial charge >= 0.3 is 0 Å². The fraction of sp³-hybridized carbons (Fsp3) is 0.538. The number of fused-ring (bicyclic) bond motifs is 1. The molecule has 1 heterocycles. The minimum atomic E-state index is -0.602. The molecular weight excluding hydrogens is 313 g/mol. The minimum absolute atomic E-state index is 0.252. The molecule has 3 rings (SSSR count). The maximum Gasteiger partial charge on any atom is 0.0913 e. The Morgan fingerprint density at radius 2 is 2.06 bits per heavy atom. The molecule has 3 atom stereocenters. The van der Waals surface area contributed by atoms with Gasteiger partial charge in [0, 0.05) is 9.97 Å². The second kappa shape index (κ2) is 3.68. The normalized spacial score (nSPS) is 42.2. The summed E-state index contributed by atoms with van der Waals surface area (Å²) < 4.78 is 0.252. The van der Waals surface area contributed by atoms with Crippen molar-refractivity contribution in [3.8, 4) is 0 Å². The van der Waals surface area contributed by atoms with Crippen molar-refractivity contribution in [1.82, 2.24) is 5.32 Å². The maximum atomic E-state index is 10.8. The van der Waals surface area contributed by atoms with Crippen LogP contribution in [0.5, 0.6) is 0 Å². The predicted molar refractivity (Wildman–Crippen MR) is 72.7 cm³/mol. The molecule has 1 aliphatic heterocycles. The fourth-order valence-electron chi connectivity index (χ4n) is 3.18. The van der Waals surface area contributed by atoms with E-state index in [1.54, 1.807) is 0 Å². The van der Waals surface area contributed by atoms with Gasteiger partial charge in [-0.2, -0.15) is 0 Å². The Kier molecular flexibility index (Phi) is 2.53. The van der Waals surface area contributed by atoms with Crippen molar-refractivity contribution < 1.29 is 5.11 Å². The van der Waals surface area contributed by atoms with Gasteiger partial charge in [0.25, 0.3) is 0 Å². The summed E-state index contributed by atoms with van der Waals surface area (Å²) in [5.74, 6) is 0.610. The SMILES string of the molecule is O[C@@]1(c2ccccc2)CC2CNC[C@@]2(I)C1. The summed E-state index contributed by atoms with van der Waals surface area (Å²) in [6.07, 6.45) is 1.77. The van der Waals surface area contributed by atoms with E-state index >= 15 is 0 Å². The molecule has 0 amide bonds. The van der Waals surface area contributed by atoms with Crippen LogP contribution in [-0.4, -0.2) is 21.6 Å².